The van der Waals surface area contributed by atoms with E-state index in [0.717, 1.165) is 18.8 Å². The highest BCUT2D eigenvalue weighted by Gasteiger charge is 1.98. The van der Waals surface area contributed by atoms with Crippen LogP contribution in [0.3, 0.4) is 0 Å². The summed E-state index contributed by atoms with van der Waals surface area (Å²) in [7, 11) is 0. The van der Waals surface area contributed by atoms with Gasteiger partial charge in [0.15, 0.2) is 5.65 Å². The maximum Gasteiger partial charge on any atom is 0.200 e. The van der Waals surface area contributed by atoms with E-state index in [-0.39, 0.29) is 0 Å². The minimum Gasteiger partial charge on any atom is -0.368 e. The van der Waals surface area contributed by atoms with Gasteiger partial charge in [0, 0.05) is 6.54 Å². The van der Waals surface area contributed by atoms with Gasteiger partial charge in [-0.3, -0.25) is 0 Å². The van der Waals surface area contributed by atoms with Gasteiger partial charge in [-0.1, -0.05) is 12.2 Å². The molecule has 78 valence electrons. The highest BCUT2D eigenvalue weighted by Crippen LogP contribution is 2.02. The Morgan fingerprint density at radius 3 is 3.27 bits per heavy atom. The molecule has 15 heavy (non-hydrogen) atoms. The first-order valence-electron chi connectivity index (χ1n) is 4.80. The van der Waals surface area contributed by atoms with Crippen LogP contribution in [0.4, 0.5) is 5.82 Å². The molecule has 0 bridgehead atoms. The molecule has 0 aliphatic carbocycles. The van der Waals surface area contributed by atoms with Crippen LogP contribution in [0.15, 0.2) is 24.3 Å². The van der Waals surface area contributed by atoms with Crippen molar-refractivity contribution in [2.45, 2.75) is 13.3 Å². The van der Waals surface area contributed by atoms with Crippen molar-refractivity contribution in [3.63, 3.8) is 0 Å². The van der Waals surface area contributed by atoms with Crippen LogP contribution in [0.2, 0.25) is 0 Å². The lowest BCUT2D eigenvalue weighted by Gasteiger charge is -2.02. The lowest BCUT2D eigenvalue weighted by molar-refractivity contribution is 0.734. The van der Waals surface area contributed by atoms with Crippen molar-refractivity contribution < 1.29 is 0 Å². The summed E-state index contributed by atoms with van der Waals surface area (Å²) in [6.07, 6.45) is 5.11. The lowest BCUT2D eigenvalue weighted by Crippen LogP contribution is -2.05. The van der Waals surface area contributed by atoms with Crippen molar-refractivity contribution in [1.82, 2.24) is 25.3 Å². The number of anilines is 1. The molecule has 0 unspecified atom stereocenters. The molecular weight excluding hydrogens is 192 g/mol. The van der Waals surface area contributed by atoms with Crippen molar-refractivity contribution in [1.29, 1.82) is 0 Å². The number of hydrogen-bond donors (Lipinski definition) is 1. The molecule has 0 amide bonds. The van der Waals surface area contributed by atoms with E-state index >= 15 is 0 Å². The molecule has 0 aromatic carbocycles. The fraction of sp³-hybridized carbons (Fsp3) is 0.333. The normalized spacial score (nSPS) is 11.3. The number of fused-ring (bicyclic) bond motifs is 1. The van der Waals surface area contributed by atoms with Gasteiger partial charge < -0.3 is 5.32 Å². The second kappa shape index (κ2) is 4.50. The van der Waals surface area contributed by atoms with E-state index < -0.39 is 0 Å². The van der Waals surface area contributed by atoms with Crippen molar-refractivity contribution in [3.8, 4) is 0 Å². The van der Waals surface area contributed by atoms with Crippen LogP contribution in [0.5, 0.6) is 0 Å². The third kappa shape index (κ3) is 2.28. The maximum absolute atomic E-state index is 4.18. The highest BCUT2D eigenvalue weighted by atomic mass is 15.6. The Kier molecular flexibility index (Phi) is 2.87. The van der Waals surface area contributed by atoms with Crippen LogP contribution < -0.4 is 5.32 Å². The molecule has 2 heterocycles. The summed E-state index contributed by atoms with van der Waals surface area (Å²) >= 11 is 0. The van der Waals surface area contributed by atoms with Gasteiger partial charge in [-0.15, -0.1) is 14.8 Å². The van der Waals surface area contributed by atoms with E-state index in [1.165, 1.54) is 4.63 Å². The second-order valence-electron chi connectivity index (χ2n) is 3.03. The molecule has 0 aliphatic rings. The van der Waals surface area contributed by atoms with E-state index in [2.05, 4.69) is 32.0 Å². The van der Waals surface area contributed by atoms with Gasteiger partial charge in [-0.05, 0) is 35.9 Å². The number of aromatic nitrogens is 5. The second-order valence-corrected chi connectivity index (χ2v) is 3.03. The van der Waals surface area contributed by atoms with Gasteiger partial charge in [0.2, 0.25) is 0 Å². The molecule has 2 rings (SSSR count). The lowest BCUT2D eigenvalue weighted by atomic mass is 10.4. The number of nitrogens with one attached hydrogen (secondary N) is 1. The van der Waals surface area contributed by atoms with Crippen LogP contribution in [-0.2, 0) is 0 Å². The summed E-state index contributed by atoms with van der Waals surface area (Å²) in [6, 6.07) is 3.69. The largest absolute Gasteiger partial charge is 0.368 e. The van der Waals surface area contributed by atoms with E-state index in [1.807, 2.05) is 25.1 Å². The Balaban J connectivity index is 2.01. The number of allylic oxidation sites excluding steroid dienone is 1. The predicted molar refractivity (Wildman–Crippen MR) is 56.5 cm³/mol. The average Bonchev–Trinajstić information content (AvgIpc) is 2.71. The maximum atomic E-state index is 4.18. The summed E-state index contributed by atoms with van der Waals surface area (Å²) in [5, 5.41) is 18.4. The van der Waals surface area contributed by atoms with Gasteiger partial charge in [0.1, 0.15) is 5.82 Å². The monoisotopic (exact) mass is 204 g/mol. The van der Waals surface area contributed by atoms with Crippen LogP contribution in [-0.4, -0.2) is 31.8 Å². The van der Waals surface area contributed by atoms with Gasteiger partial charge in [0.05, 0.1) is 0 Å². The standard InChI is InChI=1S/C9H12N6/c1-2-3-4-7-10-8-5-6-9-11-13-14-15(9)12-8/h2-3,5-6H,4,7H2,1H3,(H,10,12)/b3-2+. The molecule has 0 fully saturated rings. The number of nitrogens with zero attached hydrogens (tertiary/aromatic N) is 5. The molecule has 6 heteroatoms. The SMILES string of the molecule is C/C=C/CCNc1ccc2nnnn2n1. The fourth-order valence-electron chi connectivity index (χ4n) is 1.19. The molecular formula is C9H12N6. The quantitative estimate of drug-likeness (QED) is 0.592. The summed E-state index contributed by atoms with van der Waals surface area (Å²) in [5.74, 6) is 0.777. The molecule has 0 spiro atoms. The van der Waals surface area contributed by atoms with Gasteiger partial charge in [-0.2, -0.15) is 0 Å². The smallest absolute Gasteiger partial charge is 0.200 e. The molecule has 0 radical (unpaired) electrons. The molecule has 0 saturated heterocycles. The van der Waals surface area contributed by atoms with Crippen LogP contribution >= 0.6 is 0 Å². The topological polar surface area (TPSA) is 68.0 Å². The van der Waals surface area contributed by atoms with E-state index in [1.54, 1.807) is 0 Å². The van der Waals surface area contributed by atoms with Crippen LogP contribution in [0.25, 0.3) is 5.65 Å². The van der Waals surface area contributed by atoms with Gasteiger partial charge >= 0.3 is 0 Å². The third-order valence-electron chi connectivity index (χ3n) is 1.92. The number of tetrazole rings is 1. The Hall–Kier alpha value is -1.98. The highest BCUT2D eigenvalue weighted by molar-refractivity contribution is 5.41. The number of hydrogen-bond acceptors (Lipinski definition) is 5. The van der Waals surface area contributed by atoms with Crippen molar-refractivity contribution in [2.75, 3.05) is 11.9 Å². The zero-order valence-corrected chi connectivity index (χ0v) is 8.46. The summed E-state index contributed by atoms with van der Waals surface area (Å²) in [4.78, 5) is 0. The van der Waals surface area contributed by atoms with Crippen molar-refractivity contribution in [3.05, 3.63) is 24.3 Å². The van der Waals surface area contributed by atoms with Crippen LogP contribution in [0.1, 0.15) is 13.3 Å². The zero-order chi connectivity index (χ0) is 10.5. The number of rotatable bonds is 4. The summed E-state index contributed by atoms with van der Waals surface area (Å²) in [6.45, 7) is 2.86. The summed E-state index contributed by atoms with van der Waals surface area (Å²) in [5.41, 5.74) is 0.647. The first-order valence-corrected chi connectivity index (χ1v) is 4.80. The molecule has 2 aromatic heterocycles. The molecule has 6 nitrogen and oxygen atoms in total. The van der Waals surface area contributed by atoms with Crippen molar-refractivity contribution >= 4 is 11.5 Å². The van der Waals surface area contributed by atoms with Crippen molar-refractivity contribution in [2.24, 2.45) is 0 Å². The minimum atomic E-state index is 0.647. The Morgan fingerprint density at radius 1 is 1.47 bits per heavy atom. The first-order chi connectivity index (χ1) is 7.40. The third-order valence-corrected chi connectivity index (χ3v) is 1.92. The first kappa shape index (κ1) is 9.57. The van der Waals surface area contributed by atoms with E-state index in [0.29, 0.717) is 5.65 Å². The average molecular weight is 204 g/mol. The molecule has 2 aromatic rings. The van der Waals surface area contributed by atoms with E-state index in [4.69, 9.17) is 0 Å². The summed E-state index contributed by atoms with van der Waals surface area (Å²) < 4.78 is 1.40. The van der Waals surface area contributed by atoms with Gasteiger partial charge in [0.25, 0.3) is 0 Å². The predicted octanol–water partition coefficient (Wildman–Crippen LogP) is 0.897. The van der Waals surface area contributed by atoms with Gasteiger partial charge in [-0.25, -0.2) is 0 Å². The zero-order valence-electron chi connectivity index (χ0n) is 8.46. The van der Waals surface area contributed by atoms with E-state index in [9.17, 15) is 0 Å². The van der Waals surface area contributed by atoms with Crippen LogP contribution in [0, 0.1) is 0 Å². The molecule has 1 N–H and O–H groups in total. The Morgan fingerprint density at radius 2 is 2.40 bits per heavy atom. The Bertz CT molecular complexity index is 460. The fourth-order valence-corrected chi connectivity index (χ4v) is 1.19. The molecule has 0 saturated carbocycles. The minimum absolute atomic E-state index is 0.647. The molecule has 0 atom stereocenters. The Labute approximate surface area is 87.0 Å². The molecule has 0 aliphatic heterocycles.